The molecule has 1 saturated heterocycles. The molecule has 3 N–H and O–H groups in total. The lowest BCUT2D eigenvalue weighted by atomic mass is 10.3. The van der Waals surface area contributed by atoms with Gasteiger partial charge in [-0.15, -0.1) is 0 Å². The topological polar surface area (TPSA) is 70.3 Å². The van der Waals surface area contributed by atoms with E-state index >= 15 is 0 Å². The second kappa shape index (κ2) is 6.78. The molecule has 0 bridgehead atoms. The highest BCUT2D eigenvalue weighted by molar-refractivity contribution is 6.42. The summed E-state index contributed by atoms with van der Waals surface area (Å²) in [5.74, 6) is 1.32. The van der Waals surface area contributed by atoms with Crippen LogP contribution in [0.25, 0.3) is 0 Å². The number of hydrogen-bond donors (Lipinski definition) is 2. The normalized spacial score (nSPS) is 15.7. The van der Waals surface area contributed by atoms with Crippen molar-refractivity contribution in [2.45, 2.75) is 0 Å². The first kappa shape index (κ1) is 16.1. The number of aromatic nitrogens is 2. The Labute approximate surface area is 145 Å². The Morgan fingerprint density at radius 3 is 2.52 bits per heavy atom. The molecular formula is C15H18Cl2N6. The molecule has 2 aromatic rings. The van der Waals surface area contributed by atoms with Crippen molar-refractivity contribution in [1.82, 2.24) is 14.9 Å². The van der Waals surface area contributed by atoms with Crippen LogP contribution in [0.15, 0.2) is 24.5 Å². The second-order valence-corrected chi connectivity index (χ2v) is 6.32. The van der Waals surface area contributed by atoms with Gasteiger partial charge in [-0.05, 0) is 25.2 Å². The minimum atomic E-state index is 0.476. The van der Waals surface area contributed by atoms with Crippen LogP contribution in [-0.4, -0.2) is 48.1 Å². The molecule has 0 saturated carbocycles. The number of nitrogens with one attached hydrogen (secondary N) is 1. The van der Waals surface area contributed by atoms with E-state index in [1.807, 2.05) is 6.07 Å². The summed E-state index contributed by atoms with van der Waals surface area (Å²) in [6.45, 7) is 3.76. The predicted octanol–water partition coefficient (Wildman–Crippen LogP) is 2.86. The summed E-state index contributed by atoms with van der Waals surface area (Å²) in [6.07, 6.45) is 1.52. The van der Waals surface area contributed by atoms with Gasteiger partial charge in [-0.2, -0.15) is 0 Å². The van der Waals surface area contributed by atoms with Gasteiger partial charge >= 0.3 is 0 Å². The lowest BCUT2D eigenvalue weighted by Gasteiger charge is -2.33. The third-order valence-electron chi connectivity index (χ3n) is 3.85. The van der Waals surface area contributed by atoms with Crippen LogP contribution in [0, 0.1) is 0 Å². The monoisotopic (exact) mass is 352 g/mol. The van der Waals surface area contributed by atoms with E-state index in [9.17, 15) is 0 Å². The molecule has 0 aliphatic carbocycles. The van der Waals surface area contributed by atoms with E-state index in [4.69, 9.17) is 28.9 Å². The summed E-state index contributed by atoms with van der Waals surface area (Å²) >= 11 is 12.0. The molecule has 0 unspecified atom stereocenters. The van der Waals surface area contributed by atoms with Crippen molar-refractivity contribution in [3.05, 3.63) is 34.6 Å². The largest absolute Gasteiger partial charge is 0.393 e. The van der Waals surface area contributed by atoms with Crippen LogP contribution in [-0.2, 0) is 0 Å². The maximum atomic E-state index is 6.26. The number of nitrogens with two attached hydrogens (primary N) is 1. The van der Waals surface area contributed by atoms with E-state index in [1.54, 1.807) is 12.1 Å². The van der Waals surface area contributed by atoms with Crippen LogP contribution < -0.4 is 16.0 Å². The lowest BCUT2D eigenvalue weighted by Crippen LogP contribution is -2.45. The zero-order valence-corrected chi connectivity index (χ0v) is 14.3. The van der Waals surface area contributed by atoms with Gasteiger partial charge in [0.15, 0.2) is 11.6 Å². The number of nitrogen functional groups attached to an aromatic ring is 1. The molecule has 3 rings (SSSR count). The van der Waals surface area contributed by atoms with Gasteiger partial charge < -0.3 is 20.9 Å². The van der Waals surface area contributed by atoms with Crippen LogP contribution in [0.1, 0.15) is 0 Å². The molecule has 6 nitrogen and oxygen atoms in total. The van der Waals surface area contributed by atoms with E-state index in [2.05, 4.69) is 32.1 Å². The first-order valence-electron chi connectivity index (χ1n) is 7.30. The number of nitrogens with zero attached hydrogens (tertiary/aromatic N) is 4. The van der Waals surface area contributed by atoms with Crippen molar-refractivity contribution in [3.8, 4) is 0 Å². The van der Waals surface area contributed by atoms with Crippen molar-refractivity contribution in [3.63, 3.8) is 0 Å². The Morgan fingerprint density at radius 2 is 1.83 bits per heavy atom. The van der Waals surface area contributed by atoms with Crippen molar-refractivity contribution in [1.29, 1.82) is 0 Å². The van der Waals surface area contributed by atoms with E-state index < -0.39 is 0 Å². The molecule has 1 aromatic carbocycles. The molecule has 122 valence electrons. The number of hydrogen-bond acceptors (Lipinski definition) is 6. The molecule has 0 atom stereocenters. The van der Waals surface area contributed by atoms with Gasteiger partial charge in [-0.3, -0.25) is 0 Å². The first-order chi connectivity index (χ1) is 11.0. The minimum Gasteiger partial charge on any atom is -0.393 e. The molecule has 8 heteroatoms. The molecule has 0 amide bonds. The van der Waals surface area contributed by atoms with Crippen molar-refractivity contribution in [2.75, 3.05) is 49.2 Å². The number of likely N-dealkylation sites (N-methyl/N-ethyl adjacent to an activating group) is 1. The number of rotatable bonds is 3. The zero-order valence-electron chi connectivity index (χ0n) is 12.8. The molecule has 0 spiro atoms. The van der Waals surface area contributed by atoms with E-state index in [1.165, 1.54) is 6.33 Å². The number of anilines is 4. The summed E-state index contributed by atoms with van der Waals surface area (Å²) in [7, 11) is 2.11. The van der Waals surface area contributed by atoms with Crippen LogP contribution in [0.3, 0.4) is 0 Å². The van der Waals surface area contributed by atoms with Crippen molar-refractivity contribution in [2.24, 2.45) is 0 Å². The third-order valence-corrected chi connectivity index (χ3v) is 4.59. The van der Waals surface area contributed by atoms with Gasteiger partial charge in [0, 0.05) is 31.9 Å². The van der Waals surface area contributed by atoms with Crippen molar-refractivity contribution < 1.29 is 0 Å². The Bertz CT molecular complexity index is 700. The number of piperazine rings is 1. The molecule has 1 aliphatic heterocycles. The van der Waals surface area contributed by atoms with Crippen LogP contribution in [0.5, 0.6) is 0 Å². The second-order valence-electron chi connectivity index (χ2n) is 5.50. The average molecular weight is 353 g/mol. The fourth-order valence-electron chi connectivity index (χ4n) is 2.47. The molecular weight excluding hydrogens is 335 g/mol. The molecule has 23 heavy (non-hydrogen) atoms. The summed E-state index contributed by atoms with van der Waals surface area (Å²) in [4.78, 5) is 13.0. The first-order valence-corrected chi connectivity index (χ1v) is 8.06. The quantitative estimate of drug-likeness (QED) is 0.884. The lowest BCUT2D eigenvalue weighted by molar-refractivity contribution is 0.312. The molecule has 1 fully saturated rings. The highest BCUT2D eigenvalue weighted by atomic mass is 35.5. The van der Waals surface area contributed by atoms with Gasteiger partial charge in [-0.25, -0.2) is 9.97 Å². The predicted molar refractivity (Wildman–Crippen MR) is 95.9 cm³/mol. The van der Waals surface area contributed by atoms with E-state index in [-0.39, 0.29) is 0 Å². The van der Waals surface area contributed by atoms with Gasteiger partial charge in [0.05, 0.1) is 10.0 Å². The van der Waals surface area contributed by atoms with Gasteiger partial charge in [0.2, 0.25) is 0 Å². The number of halogens is 2. The Hall–Kier alpha value is -1.76. The average Bonchev–Trinajstić information content (AvgIpc) is 2.54. The number of benzene rings is 1. The maximum Gasteiger partial charge on any atom is 0.159 e. The fraction of sp³-hybridized carbons (Fsp3) is 0.333. The smallest absolute Gasteiger partial charge is 0.159 e. The summed E-state index contributed by atoms with van der Waals surface area (Å²) in [6, 6.07) is 5.29. The maximum absolute atomic E-state index is 6.26. The van der Waals surface area contributed by atoms with Crippen LogP contribution >= 0.6 is 23.2 Å². The summed E-state index contributed by atoms with van der Waals surface area (Å²) in [5.41, 5.74) is 7.57. The summed E-state index contributed by atoms with van der Waals surface area (Å²) in [5, 5.41) is 4.15. The van der Waals surface area contributed by atoms with Crippen LogP contribution in [0.2, 0.25) is 10.0 Å². The standard InChI is InChI=1S/C15H18Cl2N6/c1-22-4-6-23(7-5-22)15-13(18)14(19-9-20-15)21-10-2-3-11(16)12(17)8-10/h2-3,8-9H,4-7,18H2,1H3,(H,19,20,21). The van der Waals surface area contributed by atoms with Crippen molar-refractivity contribution >= 4 is 46.2 Å². The molecule has 1 aromatic heterocycles. The Balaban J connectivity index is 1.83. The molecule has 1 aliphatic rings. The Morgan fingerprint density at radius 1 is 1.09 bits per heavy atom. The van der Waals surface area contributed by atoms with Gasteiger partial charge in [0.25, 0.3) is 0 Å². The SMILES string of the molecule is CN1CCN(c2ncnc(Nc3ccc(Cl)c(Cl)c3)c2N)CC1. The summed E-state index contributed by atoms with van der Waals surface area (Å²) < 4.78 is 0. The fourth-order valence-corrected chi connectivity index (χ4v) is 2.76. The van der Waals surface area contributed by atoms with Gasteiger partial charge in [0.1, 0.15) is 12.0 Å². The van der Waals surface area contributed by atoms with Crippen LogP contribution in [0.4, 0.5) is 23.0 Å². The molecule has 0 radical (unpaired) electrons. The van der Waals surface area contributed by atoms with E-state index in [0.29, 0.717) is 21.6 Å². The minimum absolute atomic E-state index is 0.476. The molecule has 2 heterocycles. The Kier molecular flexibility index (Phi) is 4.75. The third kappa shape index (κ3) is 3.60. The zero-order chi connectivity index (χ0) is 16.4. The highest BCUT2D eigenvalue weighted by Crippen LogP contribution is 2.31. The van der Waals surface area contributed by atoms with Gasteiger partial charge in [-0.1, -0.05) is 23.2 Å². The van der Waals surface area contributed by atoms with E-state index in [0.717, 1.165) is 37.7 Å². The highest BCUT2D eigenvalue weighted by Gasteiger charge is 2.19.